The number of hydrogen-bond acceptors (Lipinski definition) is 3. The highest BCUT2D eigenvalue weighted by molar-refractivity contribution is 6.33. The van der Waals surface area contributed by atoms with Crippen LogP contribution in [0.15, 0.2) is 24.3 Å². The predicted octanol–water partition coefficient (Wildman–Crippen LogP) is 2.52. The molecule has 0 aliphatic rings. The Kier molecular flexibility index (Phi) is 6.13. The third kappa shape index (κ3) is 3.57. The van der Waals surface area contributed by atoms with Gasteiger partial charge < -0.3 is 10.2 Å². The second kappa shape index (κ2) is 7.64. The molecule has 9 heteroatoms. The van der Waals surface area contributed by atoms with E-state index in [2.05, 4.69) is 0 Å². The average molecular weight is 348 g/mol. The quantitative estimate of drug-likeness (QED) is 0.208. The number of ketones is 1. The van der Waals surface area contributed by atoms with Gasteiger partial charge in [-0.25, -0.2) is 22.0 Å². The molecule has 0 fully saturated rings. The van der Waals surface area contributed by atoms with Crippen molar-refractivity contribution in [3.8, 4) is 5.75 Å². The van der Waals surface area contributed by atoms with Crippen LogP contribution in [0.3, 0.4) is 0 Å². The molecule has 0 spiro atoms. The van der Waals surface area contributed by atoms with Gasteiger partial charge in [0.2, 0.25) is 11.6 Å². The minimum atomic E-state index is -2.25. The van der Waals surface area contributed by atoms with Crippen molar-refractivity contribution in [2.24, 2.45) is 0 Å². The minimum absolute atomic E-state index is 0. The van der Waals surface area contributed by atoms with E-state index in [1.165, 1.54) is 24.3 Å². The molecule has 0 bridgehead atoms. The van der Waals surface area contributed by atoms with Crippen LogP contribution in [0.5, 0.6) is 5.75 Å². The fourth-order valence-electron chi connectivity index (χ4n) is 1.72. The molecular formula is C15H9F5O4. The lowest BCUT2D eigenvalue weighted by molar-refractivity contribution is -0.104. The first-order valence-electron chi connectivity index (χ1n) is 6.09. The molecule has 0 unspecified atom stereocenters. The Morgan fingerprint density at radius 3 is 1.79 bits per heavy atom. The summed E-state index contributed by atoms with van der Waals surface area (Å²) in [4.78, 5) is 21.4. The zero-order chi connectivity index (χ0) is 17.1. The van der Waals surface area contributed by atoms with Gasteiger partial charge in [0.15, 0.2) is 29.6 Å². The van der Waals surface area contributed by atoms with E-state index in [-0.39, 0.29) is 23.1 Å². The van der Waals surface area contributed by atoms with Crippen LogP contribution < -0.4 is 4.74 Å². The van der Waals surface area contributed by atoms with E-state index in [1.807, 2.05) is 0 Å². The molecule has 4 nitrogen and oxygen atoms in total. The minimum Gasteiger partial charge on any atom is -0.489 e. The number of Topliss-reactive ketones (excluding diaryl/α,β-unsaturated/α-hetero) is 1. The Balaban J connectivity index is 0.00000288. The van der Waals surface area contributed by atoms with Gasteiger partial charge in [0.25, 0.3) is 0 Å². The van der Waals surface area contributed by atoms with Crippen LogP contribution in [0, 0.1) is 29.1 Å². The molecule has 2 N–H and O–H groups in total. The van der Waals surface area contributed by atoms with Crippen LogP contribution >= 0.6 is 0 Å². The van der Waals surface area contributed by atoms with Crippen molar-refractivity contribution in [3.05, 3.63) is 64.5 Å². The summed E-state index contributed by atoms with van der Waals surface area (Å²) in [5, 5.41) is 0. The van der Waals surface area contributed by atoms with Gasteiger partial charge in [-0.15, -0.1) is 0 Å². The van der Waals surface area contributed by atoms with Gasteiger partial charge in [0.05, 0.1) is 5.56 Å². The molecule has 128 valence electrons. The molecule has 0 aliphatic heterocycles. The second-order valence-corrected chi connectivity index (χ2v) is 4.34. The Hall–Kier alpha value is -2.81. The number of carbonyl (C=O) groups excluding carboxylic acids is 2. The van der Waals surface area contributed by atoms with Crippen molar-refractivity contribution in [2.45, 2.75) is 6.61 Å². The van der Waals surface area contributed by atoms with Crippen molar-refractivity contribution in [2.75, 3.05) is 0 Å². The molecule has 24 heavy (non-hydrogen) atoms. The summed E-state index contributed by atoms with van der Waals surface area (Å²) in [5.41, 5.74) is -1.06. The van der Waals surface area contributed by atoms with E-state index in [0.29, 0.717) is 0 Å². The highest BCUT2D eigenvalue weighted by Gasteiger charge is 2.25. The molecule has 0 amide bonds. The highest BCUT2D eigenvalue weighted by Crippen LogP contribution is 2.24. The first kappa shape index (κ1) is 19.2. The lowest BCUT2D eigenvalue weighted by Gasteiger charge is -2.10. The zero-order valence-electron chi connectivity index (χ0n) is 11.7. The third-order valence-electron chi connectivity index (χ3n) is 2.93. The average Bonchev–Trinajstić information content (AvgIpc) is 2.58. The molecule has 0 heterocycles. The maximum absolute atomic E-state index is 13.4. The first-order chi connectivity index (χ1) is 10.9. The van der Waals surface area contributed by atoms with E-state index >= 15 is 0 Å². The van der Waals surface area contributed by atoms with Gasteiger partial charge in [-0.05, 0) is 24.3 Å². The van der Waals surface area contributed by atoms with Crippen molar-refractivity contribution in [1.82, 2.24) is 0 Å². The van der Waals surface area contributed by atoms with Crippen LogP contribution in [-0.4, -0.2) is 17.5 Å². The van der Waals surface area contributed by atoms with E-state index in [1.54, 1.807) is 0 Å². The summed E-state index contributed by atoms with van der Waals surface area (Å²) in [7, 11) is 0. The molecule has 2 rings (SSSR count). The van der Waals surface area contributed by atoms with Gasteiger partial charge in [0.1, 0.15) is 12.4 Å². The van der Waals surface area contributed by atoms with Crippen molar-refractivity contribution >= 4 is 12.1 Å². The fourth-order valence-corrected chi connectivity index (χ4v) is 1.72. The summed E-state index contributed by atoms with van der Waals surface area (Å²) in [6.45, 7) is -0.910. The van der Waals surface area contributed by atoms with Crippen LogP contribution in [-0.2, 0) is 11.4 Å². The van der Waals surface area contributed by atoms with Gasteiger partial charge in [-0.3, -0.25) is 9.59 Å². The SMILES string of the molecule is O.O=CC(=O)c1ccc(OCc2c(F)c(F)c(F)c(F)c2F)cc1. The summed E-state index contributed by atoms with van der Waals surface area (Å²) in [6, 6.07) is 4.85. The molecule has 0 atom stereocenters. The molecule has 0 aliphatic carbocycles. The monoisotopic (exact) mass is 348 g/mol. The van der Waals surface area contributed by atoms with E-state index in [9.17, 15) is 31.5 Å². The summed E-state index contributed by atoms with van der Waals surface area (Å²) in [5.74, 6) is -11.1. The predicted molar refractivity (Wildman–Crippen MR) is 71.0 cm³/mol. The number of benzene rings is 2. The lowest BCUT2D eigenvalue weighted by Crippen LogP contribution is -2.10. The standard InChI is InChI=1S/C15H7F5O3.H2O/c16-11-9(12(17)14(19)15(20)13(11)18)6-23-8-3-1-7(2-4-8)10(22)5-21;/h1-5H,6H2;1H2. The van der Waals surface area contributed by atoms with Crippen molar-refractivity contribution in [3.63, 3.8) is 0 Å². The van der Waals surface area contributed by atoms with Crippen molar-refractivity contribution < 1.29 is 41.8 Å². The molecule has 0 saturated carbocycles. The van der Waals surface area contributed by atoms with Gasteiger partial charge in [-0.1, -0.05) is 0 Å². The van der Waals surface area contributed by atoms with Crippen LogP contribution in [0.25, 0.3) is 0 Å². The molecule has 0 radical (unpaired) electrons. The van der Waals surface area contributed by atoms with E-state index in [0.717, 1.165) is 0 Å². The van der Waals surface area contributed by atoms with Crippen molar-refractivity contribution in [1.29, 1.82) is 0 Å². The number of hydrogen-bond donors (Lipinski definition) is 0. The topological polar surface area (TPSA) is 74.9 Å². The summed E-state index contributed by atoms with van der Waals surface area (Å²) in [6.07, 6.45) is 0.102. The summed E-state index contributed by atoms with van der Waals surface area (Å²) < 4.78 is 70.7. The smallest absolute Gasteiger partial charge is 0.225 e. The zero-order valence-corrected chi connectivity index (χ0v) is 11.7. The van der Waals surface area contributed by atoms with E-state index in [4.69, 9.17) is 4.74 Å². The van der Waals surface area contributed by atoms with E-state index < -0.39 is 47.0 Å². The normalized spacial score (nSPS) is 10.0. The number of halogens is 5. The van der Waals surface area contributed by atoms with Crippen LogP contribution in [0.1, 0.15) is 15.9 Å². The molecule has 0 saturated heterocycles. The number of carbonyl (C=O) groups is 2. The summed E-state index contributed by atoms with van der Waals surface area (Å²) >= 11 is 0. The van der Waals surface area contributed by atoms with Gasteiger partial charge in [-0.2, -0.15) is 0 Å². The molecular weight excluding hydrogens is 339 g/mol. The largest absolute Gasteiger partial charge is 0.489 e. The lowest BCUT2D eigenvalue weighted by atomic mass is 10.1. The molecule has 0 aromatic heterocycles. The van der Waals surface area contributed by atoms with Crippen LogP contribution in [0.4, 0.5) is 22.0 Å². The fraction of sp³-hybridized carbons (Fsp3) is 0.0667. The number of ether oxygens (including phenoxy) is 1. The number of rotatable bonds is 5. The van der Waals surface area contributed by atoms with Gasteiger partial charge >= 0.3 is 0 Å². The maximum Gasteiger partial charge on any atom is 0.225 e. The van der Waals surface area contributed by atoms with Gasteiger partial charge in [0, 0.05) is 5.56 Å². The molecule has 2 aromatic rings. The Morgan fingerprint density at radius 2 is 1.33 bits per heavy atom. The second-order valence-electron chi connectivity index (χ2n) is 4.34. The Labute approximate surface area is 131 Å². The maximum atomic E-state index is 13.4. The Morgan fingerprint density at radius 1 is 0.875 bits per heavy atom. The third-order valence-corrected chi connectivity index (χ3v) is 2.93. The highest BCUT2D eigenvalue weighted by atomic mass is 19.2. The number of aldehydes is 1. The first-order valence-corrected chi connectivity index (χ1v) is 6.09. The molecule has 2 aromatic carbocycles. The van der Waals surface area contributed by atoms with Crippen LogP contribution in [0.2, 0.25) is 0 Å². The Bertz CT molecular complexity index is 745.